The van der Waals surface area contributed by atoms with E-state index < -0.39 is 0 Å². The molecular weight excluding hydrogens is 146 g/mol. The molecule has 1 saturated heterocycles. The largest absolute Gasteiger partial charge is 0.316 e. The highest BCUT2D eigenvalue weighted by Gasteiger charge is 2.28. The van der Waals surface area contributed by atoms with Crippen molar-refractivity contribution < 1.29 is 0 Å². The minimum atomic E-state index is 0. The summed E-state index contributed by atoms with van der Waals surface area (Å²) in [5, 5.41) is 3.46. The molecule has 10 heavy (non-hydrogen) atoms. The first-order valence-corrected chi connectivity index (χ1v) is 4.17. The first-order chi connectivity index (χ1) is 4.47. The fraction of sp³-hybridized carbons (Fsp3) is 1.00. The third kappa shape index (κ3) is 1.46. The van der Waals surface area contributed by atoms with Crippen LogP contribution in [0.1, 0.15) is 25.7 Å². The van der Waals surface area contributed by atoms with E-state index in [0.29, 0.717) is 0 Å². The Morgan fingerprint density at radius 3 is 2.60 bits per heavy atom. The molecule has 2 fully saturated rings. The molecule has 0 aromatic rings. The van der Waals surface area contributed by atoms with E-state index in [0.717, 1.165) is 11.8 Å². The molecule has 1 heterocycles. The second-order valence-electron chi connectivity index (χ2n) is 3.44. The standard InChI is InChI=1S/C8H15N.ClH/c1-2-7-4-5-9-6-8(7)3-1;/h7-9H,1-6H2;1H/t7-,8+;/m0./s1. The molecule has 60 valence electrons. The van der Waals surface area contributed by atoms with Crippen molar-refractivity contribution in [2.24, 2.45) is 11.8 Å². The molecule has 2 heteroatoms. The lowest BCUT2D eigenvalue weighted by Gasteiger charge is -2.25. The highest BCUT2D eigenvalue weighted by Crippen LogP contribution is 2.34. The molecule has 1 N–H and O–H groups in total. The lowest BCUT2D eigenvalue weighted by atomic mass is 9.90. The molecule has 0 aromatic carbocycles. The first kappa shape index (κ1) is 8.35. The number of nitrogens with one attached hydrogen (secondary N) is 1. The summed E-state index contributed by atoms with van der Waals surface area (Å²) in [6.07, 6.45) is 5.96. The second kappa shape index (κ2) is 3.59. The van der Waals surface area contributed by atoms with Crippen LogP contribution in [0.4, 0.5) is 0 Å². The van der Waals surface area contributed by atoms with Gasteiger partial charge in [-0.15, -0.1) is 12.4 Å². The van der Waals surface area contributed by atoms with Gasteiger partial charge in [-0.1, -0.05) is 12.8 Å². The Labute approximate surface area is 69.0 Å². The Kier molecular flexibility index (Phi) is 2.99. The topological polar surface area (TPSA) is 12.0 Å². The van der Waals surface area contributed by atoms with Gasteiger partial charge in [-0.3, -0.25) is 0 Å². The van der Waals surface area contributed by atoms with Crippen LogP contribution in [0.5, 0.6) is 0 Å². The molecule has 0 aromatic heterocycles. The zero-order valence-electron chi connectivity index (χ0n) is 6.31. The van der Waals surface area contributed by atoms with E-state index in [4.69, 9.17) is 0 Å². The van der Waals surface area contributed by atoms with Gasteiger partial charge in [0, 0.05) is 0 Å². The van der Waals surface area contributed by atoms with Crippen LogP contribution in [-0.2, 0) is 0 Å². The van der Waals surface area contributed by atoms with Crippen LogP contribution in [0.3, 0.4) is 0 Å². The summed E-state index contributed by atoms with van der Waals surface area (Å²) >= 11 is 0. The van der Waals surface area contributed by atoms with Crippen molar-refractivity contribution in [3.63, 3.8) is 0 Å². The third-order valence-corrected chi connectivity index (χ3v) is 2.91. The van der Waals surface area contributed by atoms with E-state index in [1.807, 2.05) is 0 Å². The Morgan fingerprint density at radius 2 is 1.80 bits per heavy atom. The maximum Gasteiger partial charge on any atom is -0.00179 e. The number of fused-ring (bicyclic) bond motifs is 1. The summed E-state index contributed by atoms with van der Waals surface area (Å²) in [5.74, 6) is 2.16. The summed E-state index contributed by atoms with van der Waals surface area (Å²) in [7, 11) is 0. The van der Waals surface area contributed by atoms with Gasteiger partial charge in [0.05, 0.1) is 0 Å². The van der Waals surface area contributed by atoms with Gasteiger partial charge in [-0.05, 0) is 37.8 Å². The quantitative estimate of drug-likeness (QED) is 0.572. The fourth-order valence-electron chi connectivity index (χ4n) is 2.34. The fourth-order valence-corrected chi connectivity index (χ4v) is 2.34. The maximum atomic E-state index is 3.46. The molecule has 1 aliphatic carbocycles. The van der Waals surface area contributed by atoms with Crippen LogP contribution in [0.2, 0.25) is 0 Å². The Morgan fingerprint density at radius 1 is 1.00 bits per heavy atom. The van der Waals surface area contributed by atoms with Crippen molar-refractivity contribution in [1.82, 2.24) is 5.32 Å². The first-order valence-electron chi connectivity index (χ1n) is 4.17. The van der Waals surface area contributed by atoms with Crippen molar-refractivity contribution in [2.75, 3.05) is 13.1 Å². The highest BCUT2D eigenvalue weighted by atomic mass is 35.5. The monoisotopic (exact) mass is 161 g/mol. The van der Waals surface area contributed by atoms with E-state index in [9.17, 15) is 0 Å². The van der Waals surface area contributed by atoms with Gasteiger partial charge in [0.2, 0.25) is 0 Å². The molecule has 1 nitrogen and oxygen atoms in total. The minimum absolute atomic E-state index is 0. The number of hydrogen-bond acceptors (Lipinski definition) is 1. The van der Waals surface area contributed by atoms with Crippen LogP contribution < -0.4 is 5.32 Å². The summed E-state index contributed by atoms with van der Waals surface area (Å²) in [6.45, 7) is 2.59. The molecule has 0 unspecified atom stereocenters. The zero-order valence-corrected chi connectivity index (χ0v) is 7.12. The van der Waals surface area contributed by atoms with E-state index in [2.05, 4.69) is 5.32 Å². The number of halogens is 1. The van der Waals surface area contributed by atoms with Crippen molar-refractivity contribution in [3.05, 3.63) is 0 Å². The Balaban J connectivity index is 0.000000500. The van der Waals surface area contributed by atoms with Gasteiger partial charge >= 0.3 is 0 Å². The van der Waals surface area contributed by atoms with Gasteiger partial charge in [0.15, 0.2) is 0 Å². The van der Waals surface area contributed by atoms with Gasteiger partial charge in [-0.2, -0.15) is 0 Å². The van der Waals surface area contributed by atoms with Gasteiger partial charge in [0.25, 0.3) is 0 Å². The summed E-state index contributed by atoms with van der Waals surface area (Å²) in [5.41, 5.74) is 0. The number of piperidine rings is 1. The zero-order chi connectivity index (χ0) is 6.10. The average Bonchev–Trinajstić information content (AvgIpc) is 2.33. The highest BCUT2D eigenvalue weighted by molar-refractivity contribution is 5.85. The van der Waals surface area contributed by atoms with Gasteiger partial charge < -0.3 is 5.32 Å². The van der Waals surface area contributed by atoms with Crippen LogP contribution in [0.15, 0.2) is 0 Å². The minimum Gasteiger partial charge on any atom is -0.316 e. The van der Waals surface area contributed by atoms with Crippen molar-refractivity contribution in [1.29, 1.82) is 0 Å². The smallest absolute Gasteiger partial charge is 0.00179 e. The molecule has 0 bridgehead atoms. The molecule has 0 spiro atoms. The van der Waals surface area contributed by atoms with E-state index in [1.54, 1.807) is 0 Å². The van der Waals surface area contributed by atoms with Crippen LogP contribution >= 0.6 is 12.4 Å². The van der Waals surface area contributed by atoms with Gasteiger partial charge in [0.1, 0.15) is 0 Å². The molecule has 1 saturated carbocycles. The predicted molar refractivity (Wildman–Crippen MR) is 45.6 cm³/mol. The molecule has 0 radical (unpaired) electrons. The van der Waals surface area contributed by atoms with Gasteiger partial charge in [-0.25, -0.2) is 0 Å². The summed E-state index contributed by atoms with van der Waals surface area (Å²) in [4.78, 5) is 0. The SMILES string of the molecule is C1C[C@H]2CCNC[C@H]2C1.Cl. The third-order valence-electron chi connectivity index (χ3n) is 2.91. The number of hydrogen-bond donors (Lipinski definition) is 1. The Bertz CT molecular complexity index is 93.4. The van der Waals surface area contributed by atoms with Crippen molar-refractivity contribution >= 4 is 12.4 Å². The van der Waals surface area contributed by atoms with Crippen LogP contribution in [-0.4, -0.2) is 13.1 Å². The summed E-state index contributed by atoms with van der Waals surface area (Å²) < 4.78 is 0. The van der Waals surface area contributed by atoms with Crippen LogP contribution in [0, 0.1) is 11.8 Å². The lowest BCUT2D eigenvalue weighted by molar-refractivity contribution is 0.295. The molecule has 1 aliphatic heterocycles. The predicted octanol–water partition coefficient (Wildman–Crippen LogP) is 1.82. The second-order valence-corrected chi connectivity index (χ2v) is 3.44. The van der Waals surface area contributed by atoms with E-state index in [-0.39, 0.29) is 12.4 Å². The average molecular weight is 162 g/mol. The Hall–Kier alpha value is 0.250. The van der Waals surface area contributed by atoms with Crippen molar-refractivity contribution in [2.45, 2.75) is 25.7 Å². The van der Waals surface area contributed by atoms with E-state index >= 15 is 0 Å². The molecule has 2 atom stereocenters. The molecule has 0 amide bonds. The van der Waals surface area contributed by atoms with E-state index in [1.165, 1.54) is 38.8 Å². The molecule has 2 rings (SSSR count). The normalized spacial score (nSPS) is 38.4. The molecular formula is C8H16ClN. The molecule has 2 aliphatic rings. The summed E-state index contributed by atoms with van der Waals surface area (Å²) in [6, 6.07) is 0. The maximum absolute atomic E-state index is 3.46. The van der Waals surface area contributed by atoms with Crippen molar-refractivity contribution in [3.8, 4) is 0 Å². The lowest BCUT2D eigenvalue weighted by Crippen LogP contribution is -2.33. The van der Waals surface area contributed by atoms with Crippen LogP contribution in [0.25, 0.3) is 0 Å². The number of rotatable bonds is 0.